The molecule has 1 spiro atoms. The zero-order valence-electron chi connectivity index (χ0n) is 20.2. The van der Waals surface area contributed by atoms with Crippen molar-refractivity contribution < 1.29 is 22.2 Å². The summed E-state index contributed by atoms with van der Waals surface area (Å²) in [5.41, 5.74) is 1.40. The number of halogens is 3. The number of nitrogens with one attached hydrogen (secondary N) is 1. The second kappa shape index (κ2) is 8.42. The molecule has 1 amide bonds. The van der Waals surface area contributed by atoms with Gasteiger partial charge in [0.25, 0.3) is 5.91 Å². The Morgan fingerprint density at radius 1 is 1.08 bits per heavy atom. The van der Waals surface area contributed by atoms with Gasteiger partial charge in [-0.25, -0.2) is 4.21 Å². The highest BCUT2D eigenvalue weighted by Gasteiger charge is 2.42. The molecule has 1 atom stereocenters. The maximum atomic E-state index is 13.5. The zero-order chi connectivity index (χ0) is 26.0. The molecule has 0 bridgehead atoms. The number of aryl methyl sites for hydroxylation is 1. The summed E-state index contributed by atoms with van der Waals surface area (Å²) in [7, 11) is -0.862. The van der Waals surface area contributed by atoms with Crippen molar-refractivity contribution >= 4 is 37.6 Å². The van der Waals surface area contributed by atoms with E-state index < -0.39 is 27.4 Å². The molecule has 2 aromatic heterocycles. The molecule has 0 aliphatic carbocycles. The van der Waals surface area contributed by atoms with Gasteiger partial charge < -0.3 is 5.32 Å². The number of rotatable bonds is 2. The number of piperidine rings is 1. The molecule has 194 valence electrons. The minimum absolute atomic E-state index is 0.0107. The van der Waals surface area contributed by atoms with Crippen LogP contribution in [-0.2, 0) is 23.0 Å². The highest BCUT2D eigenvalue weighted by molar-refractivity contribution is 7.94. The Bertz CT molecular complexity index is 1650. The number of nitrogens with zero attached hydrogens (tertiary/aromatic N) is 4. The summed E-state index contributed by atoms with van der Waals surface area (Å²) >= 11 is 0. The molecule has 2 aliphatic heterocycles. The van der Waals surface area contributed by atoms with Crippen LogP contribution in [0.4, 0.5) is 13.2 Å². The van der Waals surface area contributed by atoms with Crippen LogP contribution in [0.3, 0.4) is 0 Å². The number of carbonyl (C=O) groups is 1. The summed E-state index contributed by atoms with van der Waals surface area (Å²) in [6, 6.07) is 9.99. The quantitative estimate of drug-likeness (QED) is 0.400. The van der Waals surface area contributed by atoms with Crippen LogP contribution in [0, 0.1) is 5.41 Å². The fourth-order valence-electron chi connectivity index (χ4n) is 5.72. The fraction of sp³-hybridized carbons (Fsp3) is 0.385. The third kappa shape index (κ3) is 4.23. The van der Waals surface area contributed by atoms with Crippen LogP contribution in [-0.4, -0.2) is 49.1 Å². The van der Waals surface area contributed by atoms with Gasteiger partial charge in [0.2, 0.25) is 0 Å². The van der Waals surface area contributed by atoms with Crippen molar-refractivity contribution in [2.24, 2.45) is 16.8 Å². The Balaban J connectivity index is 1.40. The molecule has 2 aliphatic rings. The van der Waals surface area contributed by atoms with E-state index in [2.05, 4.69) is 14.8 Å². The second-order valence-corrected chi connectivity index (χ2v) is 12.6. The van der Waals surface area contributed by atoms with Crippen LogP contribution >= 0.6 is 0 Å². The van der Waals surface area contributed by atoms with Gasteiger partial charge in [-0.15, -0.1) is 0 Å². The van der Waals surface area contributed by atoms with E-state index in [1.165, 1.54) is 12.1 Å². The van der Waals surface area contributed by atoms with Crippen LogP contribution in [0.1, 0.15) is 35.2 Å². The van der Waals surface area contributed by atoms with Gasteiger partial charge in [0.1, 0.15) is 0 Å². The third-order valence-electron chi connectivity index (χ3n) is 7.65. The molecular formula is C26H26F3N5O2S. The molecular weight excluding hydrogens is 503 g/mol. The van der Waals surface area contributed by atoms with E-state index in [4.69, 9.17) is 0 Å². The minimum atomic E-state index is -4.43. The lowest BCUT2D eigenvalue weighted by Crippen LogP contribution is -2.37. The van der Waals surface area contributed by atoms with Crippen molar-refractivity contribution in [1.29, 1.82) is 0 Å². The van der Waals surface area contributed by atoms with Gasteiger partial charge >= 0.3 is 6.18 Å². The smallest absolute Gasteiger partial charge is 0.317 e. The van der Waals surface area contributed by atoms with Gasteiger partial charge in [0, 0.05) is 46.8 Å². The second-order valence-electron chi connectivity index (χ2n) is 10.2. The Kier molecular flexibility index (Phi) is 5.50. The molecule has 4 heterocycles. The molecule has 2 aromatic carbocycles. The van der Waals surface area contributed by atoms with E-state index in [0.29, 0.717) is 33.9 Å². The Labute approximate surface area is 211 Å². The minimum Gasteiger partial charge on any atom is -0.317 e. The molecule has 7 nitrogen and oxygen atoms in total. The van der Waals surface area contributed by atoms with Crippen LogP contribution in [0.2, 0.25) is 0 Å². The van der Waals surface area contributed by atoms with Gasteiger partial charge in [-0.05, 0) is 80.2 Å². The lowest BCUT2D eigenvalue weighted by atomic mass is 9.79. The van der Waals surface area contributed by atoms with Crippen molar-refractivity contribution in [3.63, 3.8) is 0 Å². The maximum Gasteiger partial charge on any atom is 0.416 e. The van der Waals surface area contributed by atoms with Crippen molar-refractivity contribution in [3.05, 3.63) is 59.8 Å². The number of aromatic nitrogens is 3. The number of fused-ring (bicyclic) bond motifs is 3. The first-order valence-electron chi connectivity index (χ1n) is 12.2. The van der Waals surface area contributed by atoms with E-state index in [1.807, 2.05) is 6.20 Å². The van der Waals surface area contributed by atoms with E-state index in [9.17, 15) is 22.2 Å². The van der Waals surface area contributed by atoms with E-state index >= 15 is 0 Å². The normalized spacial score (nSPS) is 21.7. The fourth-order valence-corrected chi connectivity index (χ4v) is 8.57. The first-order chi connectivity index (χ1) is 17.6. The van der Waals surface area contributed by atoms with Gasteiger partial charge in [0.05, 0.1) is 20.8 Å². The van der Waals surface area contributed by atoms with Crippen LogP contribution in [0.15, 0.2) is 53.0 Å². The number of carbonyl (C=O) groups excluding carboxylic acids is 1. The lowest BCUT2D eigenvalue weighted by Gasteiger charge is -2.32. The van der Waals surface area contributed by atoms with E-state index in [1.54, 1.807) is 34.5 Å². The van der Waals surface area contributed by atoms with Crippen molar-refractivity contribution in [2.45, 2.75) is 25.4 Å². The Hall–Kier alpha value is -3.18. The molecule has 1 N–H and O–H groups in total. The van der Waals surface area contributed by atoms with Crippen LogP contribution < -0.4 is 5.32 Å². The Morgan fingerprint density at radius 3 is 2.51 bits per heavy atom. The largest absolute Gasteiger partial charge is 0.416 e. The highest BCUT2D eigenvalue weighted by atomic mass is 32.2. The molecule has 11 heteroatoms. The lowest BCUT2D eigenvalue weighted by molar-refractivity contribution is -0.137. The molecule has 6 rings (SSSR count). The average molecular weight is 530 g/mol. The zero-order valence-corrected chi connectivity index (χ0v) is 21.0. The molecule has 0 saturated carbocycles. The van der Waals surface area contributed by atoms with Crippen molar-refractivity contribution in [3.8, 4) is 5.69 Å². The first-order valence-corrected chi connectivity index (χ1v) is 14.0. The molecule has 37 heavy (non-hydrogen) atoms. The number of hydrogen-bond acceptors (Lipinski definition) is 4. The monoisotopic (exact) mass is 529 g/mol. The van der Waals surface area contributed by atoms with Gasteiger partial charge in [-0.2, -0.15) is 22.6 Å². The molecule has 2 saturated heterocycles. The SMILES string of the molecule is Cn1cc2c3cc(C(=O)N=S4(=O)CCC5(CCNCC5)C4)ccc3n(-c3ccc(C(F)(F)F)cc3)c2n1. The number of hydrogen-bond donors (Lipinski definition) is 1. The highest BCUT2D eigenvalue weighted by Crippen LogP contribution is 2.41. The number of amides is 1. The molecule has 2 fully saturated rings. The first kappa shape index (κ1) is 24.2. The van der Waals surface area contributed by atoms with Crippen molar-refractivity contribution in [2.75, 3.05) is 24.6 Å². The maximum absolute atomic E-state index is 13.5. The molecule has 0 radical (unpaired) electrons. The van der Waals surface area contributed by atoms with E-state index in [0.717, 1.165) is 55.3 Å². The summed E-state index contributed by atoms with van der Waals surface area (Å²) in [6.45, 7) is 1.80. The summed E-state index contributed by atoms with van der Waals surface area (Å²) < 4.78 is 60.4. The van der Waals surface area contributed by atoms with Gasteiger partial charge in [-0.3, -0.25) is 14.0 Å². The summed E-state index contributed by atoms with van der Waals surface area (Å²) in [5, 5.41) is 9.33. The van der Waals surface area contributed by atoms with Gasteiger partial charge in [0.15, 0.2) is 5.65 Å². The van der Waals surface area contributed by atoms with Crippen molar-refractivity contribution in [1.82, 2.24) is 19.7 Å². The summed E-state index contributed by atoms with van der Waals surface area (Å²) in [6.07, 6.45) is 0.119. The van der Waals surface area contributed by atoms with Crippen LogP contribution in [0.25, 0.3) is 27.6 Å². The predicted molar refractivity (Wildman–Crippen MR) is 136 cm³/mol. The summed E-state index contributed by atoms with van der Waals surface area (Å²) in [5.74, 6) is 0.405. The average Bonchev–Trinajstić information content (AvgIpc) is 3.48. The third-order valence-corrected chi connectivity index (χ3v) is 10.0. The number of benzene rings is 2. The molecule has 1 unspecified atom stereocenters. The molecule has 4 aromatic rings. The Morgan fingerprint density at radius 2 is 1.81 bits per heavy atom. The van der Waals surface area contributed by atoms with Gasteiger partial charge in [-0.1, -0.05) is 0 Å². The van der Waals surface area contributed by atoms with E-state index in [-0.39, 0.29) is 5.41 Å². The summed E-state index contributed by atoms with van der Waals surface area (Å²) in [4.78, 5) is 13.2. The predicted octanol–water partition coefficient (Wildman–Crippen LogP) is 4.92. The number of alkyl halides is 3. The van der Waals surface area contributed by atoms with Crippen LogP contribution in [0.5, 0.6) is 0 Å². The standard InChI is InChI=1S/C26H26F3N5O2S/c1-33-15-21-20-14-17(24(35)32-37(36)13-10-25(16-37)8-11-30-12-9-25)2-7-22(20)34(23(21)31-33)19-5-3-18(4-6-19)26(27,28)29/h2-7,14-15,30H,8-13,16H2,1H3. The topological polar surface area (TPSA) is 81.3 Å².